The van der Waals surface area contributed by atoms with Gasteiger partial charge in [0.25, 0.3) is 5.91 Å². The monoisotopic (exact) mass is 368 g/mol. The molecule has 0 radical (unpaired) electrons. The van der Waals surface area contributed by atoms with E-state index in [0.717, 1.165) is 32.0 Å². The standard InChI is InChI=1S/C20H24N4O3/c25-19(24-13-11-22(12-14-24)18-5-1-2-8-21-18)16-6-9-23(10-7-16)20(26)17-4-3-15-27-17/h1-5,8,15-16H,6-7,9-14H2. The summed E-state index contributed by atoms with van der Waals surface area (Å²) >= 11 is 0. The van der Waals surface area contributed by atoms with Gasteiger partial charge in [0.2, 0.25) is 5.91 Å². The second kappa shape index (κ2) is 7.82. The number of rotatable bonds is 3. The zero-order chi connectivity index (χ0) is 18.6. The predicted octanol–water partition coefficient (Wildman–Crippen LogP) is 1.88. The van der Waals surface area contributed by atoms with E-state index < -0.39 is 0 Å². The molecule has 27 heavy (non-hydrogen) atoms. The maximum absolute atomic E-state index is 12.9. The van der Waals surface area contributed by atoms with Crippen LogP contribution < -0.4 is 4.90 Å². The number of aromatic nitrogens is 1. The van der Waals surface area contributed by atoms with E-state index in [4.69, 9.17) is 4.42 Å². The normalized spacial score (nSPS) is 18.6. The van der Waals surface area contributed by atoms with Crippen LogP contribution in [0.15, 0.2) is 47.2 Å². The zero-order valence-electron chi connectivity index (χ0n) is 15.3. The topological polar surface area (TPSA) is 69.9 Å². The minimum atomic E-state index is -0.0881. The van der Waals surface area contributed by atoms with Crippen molar-refractivity contribution in [3.05, 3.63) is 48.6 Å². The predicted molar refractivity (Wildman–Crippen MR) is 100 cm³/mol. The number of amides is 2. The van der Waals surface area contributed by atoms with Crippen molar-refractivity contribution >= 4 is 17.6 Å². The Morgan fingerprint density at radius 3 is 2.33 bits per heavy atom. The molecule has 2 aromatic rings. The second-order valence-electron chi connectivity index (χ2n) is 7.04. The van der Waals surface area contributed by atoms with E-state index in [1.54, 1.807) is 23.2 Å². The average Bonchev–Trinajstić information content (AvgIpc) is 3.28. The third kappa shape index (κ3) is 3.82. The highest BCUT2D eigenvalue weighted by molar-refractivity contribution is 5.91. The minimum absolute atomic E-state index is 0.00653. The number of carbonyl (C=O) groups excluding carboxylic acids is 2. The molecule has 0 N–H and O–H groups in total. The summed E-state index contributed by atoms with van der Waals surface area (Å²) in [5, 5.41) is 0. The van der Waals surface area contributed by atoms with Gasteiger partial charge in [-0.3, -0.25) is 9.59 Å². The molecule has 0 aliphatic carbocycles. The van der Waals surface area contributed by atoms with Gasteiger partial charge in [0, 0.05) is 51.4 Å². The van der Waals surface area contributed by atoms with Crippen LogP contribution in [0.2, 0.25) is 0 Å². The average molecular weight is 368 g/mol. The molecule has 4 rings (SSSR count). The van der Waals surface area contributed by atoms with Crippen LogP contribution in [0, 0.1) is 5.92 Å². The van der Waals surface area contributed by atoms with E-state index in [1.165, 1.54) is 6.26 Å². The Morgan fingerprint density at radius 1 is 0.926 bits per heavy atom. The van der Waals surface area contributed by atoms with Gasteiger partial charge in [0.15, 0.2) is 5.76 Å². The number of nitrogens with zero attached hydrogens (tertiary/aromatic N) is 4. The van der Waals surface area contributed by atoms with Crippen LogP contribution in [0.5, 0.6) is 0 Å². The van der Waals surface area contributed by atoms with Gasteiger partial charge in [-0.15, -0.1) is 0 Å². The third-order valence-corrected chi connectivity index (χ3v) is 5.43. The summed E-state index contributed by atoms with van der Waals surface area (Å²) in [5.74, 6) is 1.47. The quantitative estimate of drug-likeness (QED) is 0.827. The van der Waals surface area contributed by atoms with Gasteiger partial charge >= 0.3 is 0 Å². The number of carbonyl (C=O) groups is 2. The third-order valence-electron chi connectivity index (χ3n) is 5.43. The molecular formula is C20H24N4O3. The number of anilines is 1. The van der Waals surface area contributed by atoms with Crippen molar-refractivity contribution in [2.75, 3.05) is 44.2 Å². The minimum Gasteiger partial charge on any atom is -0.459 e. The molecule has 2 aliphatic rings. The number of hydrogen-bond donors (Lipinski definition) is 0. The largest absolute Gasteiger partial charge is 0.459 e. The molecule has 2 saturated heterocycles. The summed E-state index contributed by atoms with van der Waals surface area (Å²) in [7, 11) is 0. The van der Waals surface area contributed by atoms with Gasteiger partial charge in [0.05, 0.1) is 6.26 Å². The molecule has 0 spiro atoms. The smallest absolute Gasteiger partial charge is 0.289 e. The number of furan rings is 1. The molecule has 0 bridgehead atoms. The van der Waals surface area contributed by atoms with Crippen molar-refractivity contribution in [3.63, 3.8) is 0 Å². The Bertz CT molecular complexity index is 762. The van der Waals surface area contributed by atoms with Crippen molar-refractivity contribution in [1.82, 2.24) is 14.8 Å². The Morgan fingerprint density at radius 2 is 1.70 bits per heavy atom. The van der Waals surface area contributed by atoms with Crippen LogP contribution in [-0.2, 0) is 4.79 Å². The van der Waals surface area contributed by atoms with E-state index in [9.17, 15) is 9.59 Å². The summed E-state index contributed by atoms with van der Waals surface area (Å²) in [6, 6.07) is 9.29. The van der Waals surface area contributed by atoms with Crippen LogP contribution in [0.4, 0.5) is 5.82 Å². The fourth-order valence-electron chi connectivity index (χ4n) is 3.84. The first-order valence-corrected chi connectivity index (χ1v) is 9.50. The molecule has 142 valence electrons. The lowest BCUT2D eigenvalue weighted by Gasteiger charge is -2.38. The molecule has 2 aliphatic heterocycles. The highest BCUT2D eigenvalue weighted by Crippen LogP contribution is 2.22. The van der Waals surface area contributed by atoms with Crippen LogP contribution in [-0.4, -0.2) is 65.9 Å². The Labute approximate surface area is 158 Å². The molecule has 0 saturated carbocycles. The number of pyridine rings is 1. The van der Waals surface area contributed by atoms with Crippen molar-refractivity contribution < 1.29 is 14.0 Å². The maximum atomic E-state index is 12.9. The lowest BCUT2D eigenvalue weighted by Crippen LogP contribution is -2.52. The number of piperidine rings is 1. The van der Waals surface area contributed by atoms with Crippen molar-refractivity contribution in [2.45, 2.75) is 12.8 Å². The summed E-state index contributed by atoms with van der Waals surface area (Å²) in [4.78, 5) is 35.6. The van der Waals surface area contributed by atoms with Gasteiger partial charge in [-0.2, -0.15) is 0 Å². The molecule has 0 unspecified atom stereocenters. The summed E-state index contributed by atoms with van der Waals surface area (Å²) in [5.41, 5.74) is 0. The van der Waals surface area contributed by atoms with Crippen LogP contribution >= 0.6 is 0 Å². The molecule has 2 amide bonds. The highest BCUT2D eigenvalue weighted by Gasteiger charge is 2.32. The molecule has 4 heterocycles. The first kappa shape index (κ1) is 17.6. The van der Waals surface area contributed by atoms with Gasteiger partial charge in [-0.05, 0) is 37.1 Å². The molecule has 7 nitrogen and oxygen atoms in total. The van der Waals surface area contributed by atoms with Gasteiger partial charge in [0.1, 0.15) is 5.82 Å². The van der Waals surface area contributed by atoms with Crippen molar-refractivity contribution in [2.24, 2.45) is 5.92 Å². The molecule has 2 aromatic heterocycles. The van der Waals surface area contributed by atoms with Crippen LogP contribution in [0.25, 0.3) is 0 Å². The molecule has 0 atom stereocenters. The van der Waals surface area contributed by atoms with Gasteiger partial charge in [-0.1, -0.05) is 6.07 Å². The maximum Gasteiger partial charge on any atom is 0.289 e. The van der Waals surface area contributed by atoms with Crippen molar-refractivity contribution in [1.29, 1.82) is 0 Å². The number of piperazine rings is 1. The molecule has 2 fully saturated rings. The van der Waals surface area contributed by atoms with Gasteiger partial charge in [-0.25, -0.2) is 4.98 Å². The van der Waals surface area contributed by atoms with Crippen LogP contribution in [0.1, 0.15) is 23.4 Å². The summed E-state index contributed by atoms with van der Waals surface area (Å²) in [6.45, 7) is 4.26. The molecule has 0 aromatic carbocycles. The van der Waals surface area contributed by atoms with Crippen LogP contribution in [0.3, 0.4) is 0 Å². The van der Waals surface area contributed by atoms with Gasteiger partial charge < -0.3 is 19.1 Å². The van der Waals surface area contributed by atoms with E-state index in [0.29, 0.717) is 31.7 Å². The summed E-state index contributed by atoms with van der Waals surface area (Å²) in [6.07, 6.45) is 4.73. The van der Waals surface area contributed by atoms with E-state index >= 15 is 0 Å². The Hall–Kier alpha value is -2.83. The number of hydrogen-bond acceptors (Lipinski definition) is 5. The number of likely N-dealkylation sites (tertiary alicyclic amines) is 1. The Kier molecular flexibility index (Phi) is 5.09. The van der Waals surface area contributed by atoms with E-state index in [-0.39, 0.29) is 17.7 Å². The molecular weight excluding hydrogens is 344 g/mol. The first-order chi connectivity index (χ1) is 13.2. The first-order valence-electron chi connectivity index (χ1n) is 9.50. The lowest BCUT2D eigenvalue weighted by atomic mass is 9.94. The van der Waals surface area contributed by atoms with Crippen molar-refractivity contribution in [3.8, 4) is 0 Å². The fraction of sp³-hybridized carbons (Fsp3) is 0.450. The lowest BCUT2D eigenvalue weighted by molar-refractivity contribution is -0.137. The van der Waals surface area contributed by atoms with E-state index in [2.05, 4.69) is 9.88 Å². The molecule has 7 heteroatoms. The second-order valence-corrected chi connectivity index (χ2v) is 7.04. The van der Waals surface area contributed by atoms with E-state index in [1.807, 2.05) is 23.1 Å². The zero-order valence-corrected chi connectivity index (χ0v) is 15.3. The fourth-order valence-corrected chi connectivity index (χ4v) is 3.84. The summed E-state index contributed by atoms with van der Waals surface area (Å²) < 4.78 is 5.19. The highest BCUT2D eigenvalue weighted by atomic mass is 16.3. The SMILES string of the molecule is O=C(c1ccco1)N1CCC(C(=O)N2CCN(c3ccccn3)CC2)CC1. The Balaban J connectivity index is 1.27.